The minimum absolute atomic E-state index is 0.369. The van der Waals surface area contributed by atoms with E-state index in [2.05, 4.69) is 21.4 Å². The molecule has 1 fully saturated rings. The molecule has 0 aliphatic carbocycles. The van der Waals surface area contributed by atoms with Crippen molar-refractivity contribution in [3.05, 3.63) is 54.2 Å². The van der Waals surface area contributed by atoms with Crippen LogP contribution in [-0.2, 0) is 11.3 Å². The highest BCUT2D eigenvalue weighted by Crippen LogP contribution is 2.23. The molecule has 1 atom stereocenters. The zero-order chi connectivity index (χ0) is 22.0. The van der Waals surface area contributed by atoms with Gasteiger partial charge in [-0.3, -0.25) is 4.90 Å². The molecule has 1 aliphatic rings. The topological polar surface area (TPSA) is 85.4 Å². The van der Waals surface area contributed by atoms with Crippen LogP contribution in [-0.4, -0.2) is 45.5 Å². The number of anilines is 2. The average Bonchev–Trinajstić information content (AvgIpc) is 3.10. The van der Waals surface area contributed by atoms with Crippen LogP contribution in [0.3, 0.4) is 0 Å². The molecule has 7 nitrogen and oxygen atoms in total. The maximum atomic E-state index is 12.4. The van der Waals surface area contributed by atoms with E-state index >= 15 is 0 Å². The largest absolute Gasteiger partial charge is 0.442 e. The number of rotatable bonds is 4. The second kappa shape index (κ2) is 8.59. The number of likely N-dealkylation sites (tertiary alicyclic amines) is 1. The highest BCUT2D eigenvalue weighted by molar-refractivity contribution is 5.89. The Morgan fingerprint density at radius 3 is 2.87 bits per heavy atom. The number of benzene rings is 2. The van der Waals surface area contributed by atoms with Crippen molar-refractivity contribution in [1.29, 1.82) is 0 Å². The molecule has 0 bridgehead atoms. The first-order valence-electron chi connectivity index (χ1n) is 10.8. The van der Waals surface area contributed by atoms with Crippen molar-refractivity contribution < 1.29 is 9.53 Å². The number of ether oxygens (including phenoxy) is 1. The monoisotopic (exact) mass is 421 g/mol. The molecule has 4 rings (SSSR count). The third-order valence-electron chi connectivity index (χ3n) is 5.37. The number of fused-ring (bicyclic) bond motifs is 1. The number of carbonyl (C=O) groups excluding carboxylic acids is 1. The molecule has 1 aromatic heterocycles. The number of piperidine rings is 1. The maximum absolute atomic E-state index is 12.4. The molecule has 1 saturated heterocycles. The van der Waals surface area contributed by atoms with Crippen LogP contribution in [0.5, 0.6) is 0 Å². The Balaban J connectivity index is 1.42. The fourth-order valence-corrected chi connectivity index (χ4v) is 4.08. The lowest BCUT2D eigenvalue weighted by molar-refractivity contribution is 0.0522. The second-order valence-electron chi connectivity index (χ2n) is 9.27. The van der Waals surface area contributed by atoms with Crippen molar-refractivity contribution in [1.82, 2.24) is 14.7 Å². The summed E-state index contributed by atoms with van der Waals surface area (Å²) in [4.78, 5) is 14.9. The van der Waals surface area contributed by atoms with Crippen LogP contribution in [0.2, 0.25) is 0 Å². The summed E-state index contributed by atoms with van der Waals surface area (Å²) < 4.78 is 6.76. The van der Waals surface area contributed by atoms with Crippen molar-refractivity contribution in [3.63, 3.8) is 0 Å². The van der Waals surface area contributed by atoms with Crippen molar-refractivity contribution in [2.45, 2.75) is 51.8 Å². The van der Waals surface area contributed by atoms with Gasteiger partial charge in [0.05, 0.1) is 11.7 Å². The van der Waals surface area contributed by atoms with Crippen molar-refractivity contribution in [2.75, 3.05) is 24.1 Å². The van der Waals surface area contributed by atoms with Gasteiger partial charge >= 0.3 is 6.09 Å². The maximum Gasteiger partial charge on any atom is 0.435 e. The Labute approximate surface area is 183 Å². The molecule has 2 heterocycles. The van der Waals surface area contributed by atoms with Crippen LogP contribution in [0.15, 0.2) is 48.7 Å². The molecule has 31 heavy (non-hydrogen) atoms. The molecule has 164 valence electrons. The number of hydrogen-bond acceptors (Lipinski definition) is 6. The molecule has 0 amide bonds. The number of carbonyl (C=O) groups is 1. The van der Waals surface area contributed by atoms with E-state index in [0.717, 1.165) is 54.8 Å². The molecular weight excluding hydrogens is 390 g/mol. The highest BCUT2D eigenvalue weighted by Gasteiger charge is 2.22. The van der Waals surface area contributed by atoms with Gasteiger partial charge in [-0.2, -0.15) is 9.78 Å². The minimum Gasteiger partial charge on any atom is -0.442 e. The predicted octanol–water partition coefficient (Wildman–Crippen LogP) is 4.48. The molecule has 0 saturated carbocycles. The van der Waals surface area contributed by atoms with Gasteiger partial charge in [-0.25, -0.2) is 4.79 Å². The van der Waals surface area contributed by atoms with E-state index in [-0.39, 0.29) is 0 Å². The molecule has 7 heteroatoms. The first-order valence-corrected chi connectivity index (χ1v) is 10.8. The van der Waals surface area contributed by atoms with E-state index in [1.165, 1.54) is 10.2 Å². The fourth-order valence-electron chi connectivity index (χ4n) is 4.08. The Morgan fingerprint density at radius 2 is 2.10 bits per heavy atom. The van der Waals surface area contributed by atoms with Gasteiger partial charge in [-0.1, -0.05) is 12.1 Å². The van der Waals surface area contributed by atoms with E-state index in [9.17, 15) is 4.79 Å². The Morgan fingerprint density at radius 1 is 1.26 bits per heavy atom. The summed E-state index contributed by atoms with van der Waals surface area (Å²) in [6.45, 7) is 8.51. The molecule has 3 N–H and O–H groups in total. The molecular formula is C24H31N5O2. The van der Waals surface area contributed by atoms with E-state index in [4.69, 9.17) is 10.5 Å². The Kier molecular flexibility index (Phi) is 5.87. The second-order valence-corrected chi connectivity index (χ2v) is 9.27. The number of nitrogens with one attached hydrogen (secondary N) is 1. The minimum atomic E-state index is -0.560. The van der Waals surface area contributed by atoms with E-state index in [0.29, 0.717) is 6.04 Å². The van der Waals surface area contributed by atoms with Gasteiger partial charge in [0.15, 0.2) is 0 Å². The zero-order valence-electron chi connectivity index (χ0n) is 18.5. The van der Waals surface area contributed by atoms with Crippen molar-refractivity contribution in [3.8, 4) is 0 Å². The number of hydrogen-bond donors (Lipinski definition) is 2. The van der Waals surface area contributed by atoms with Gasteiger partial charge in [-0.15, -0.1) is 0 Å². The summed E-state index contributed by atoms with van der Waals surface area (Å²) in [5.41, 5.74) is 9.20. The molecule has 0 radical (unpaired) electrons. The first kappa shape index (κ1) is 21.2. The smallest absolute Gasteiger partial charge is 0.435 e. The van der Waals surface area contributed by atoms with Crippen LogP contribution < -0.4 is 11.1 Å². The van der Waals surface area contributed by atoms with Gasteiger partial charge < -0.3 is 15.8 Å². The van der Waals surface area contributed by atoms with Crippen LogP contribution in [0.25, 0.3) is 10.9 Å². The summed E-state index contributed by atoms with van der Waals surface area (Å²) in [6, 6.07) is 14.4. The van der Waals surface area contributed by atoms with Crippen molar-refractivity contribution in [2.24, 2.45) is 0 Å². The molecule has 2 aromatic carbocycles. The van der Waals surface area contributed by atoms with Gasteiger partial charge in [-0.05, 0) is 76.1 Å². The standard InChI is InChI=1S/C24H31N5O2/c1-24(2,3)31-23(30)29-22-10-9-20(13-18(22)14-26-29)27-21-8-5-11-28(16-21)15-17-6-4-7-19(25)12-17/h4,6-7,9-10,12-14,21,27H,5,8,11,15-16,25H2,1-3H3. The lowest BCUT2D eigenvalue weighted by atomic mass is 10.0. The predicted molar refractivity (Wildman–Crippen MR) is 124 cm³/mol. The van der Waals surface area contributed by atoms with E-state index < -0.39 is 11.7 Å². The van der Waals surface area contributed by atoms with E-state index in [1.54, 1.807) is 6.20 Å². The molecule has 1 aliphatic heterocycles. The normalized spacial score (nSPS) is 17.6. The number of aromatic nitrogens is 2. The Bertz CT molecular complexity index is 1070. The number of nitrogens with two attached hydrogens (primary N) is 1. The summed E-state index contributed by atoms with van der Waals surface area (Å²) in [5.74, 6) is 0. The van der Waals surface area contributed by atoms with Gasteiger partial charge in [0.2, 0.25) is 0 Å². The van der Waals surface area contributed by atoms with Gasteiger partial charge in [0.25, 0.3) is 0 Å². The fraction of sp³-hybridized carbons (Fsp3) is 0.417. The van der Waals surface area contributed by atoms with Crippen LogP contribution in [0.4, 0.5) is 16.2 Å². The average molecular weight is 422 g/mol. The molecule has 0 spiro atoms. The van der Waals surface area contributed by atoms with E-state index in [1.807, 2.05) is 57.2 Å². The Hall–Kier alpha value is -3.06. The van der Waals surface area contributed by atoms with Gasteiger partial charge in [0.1, 0.15) is 5.60 Å². The summed E-state index contributed by atoms with van der Waals surface area (Å²) in [6.07, 6.45) is 3.52. The quantitative estimate of drug-likeness (QED) is 0.604. The van der Waals surface area contributed by atoms with Crippen LogP contribution >= 0.6 is 0 Å². The number of nitrogens with zero attached hydrogens (tertiary/aromatic N) is 3. The first-order chi connectivity index (χ1) is 14.8. The zero-order valence-corrected chi connectivity index (χ0v) is 18.5. The highest BCUT2D eigenvalue weighted by atomic mass is 16.6. The molecule has 1 unspecified atom stereocenters. The SMILES string of the molecule is CC(C)(C)OC(=O)n1ncc2cc(NC3CCCN(Cc4cccc(N)c4)C3)ccc21. The summed E-state index contributed by atoms with van der Waals surface area (Å²) >= 11 is 0. The van der Waals surface area contributed by atoms with Crippen LogP contribution in [0.1, 0.15) is 39.2 Å². The van der Waals surface area contributed by atoms with Gasteiger partial charge in [0, 0.05) is 35.9 Å². The number of nitrogen functional groups attached to an aromatic ring is 1. The summed E-state index contributed by atoms with van der Waals surface area (Å²) in [7, 11) is 0. The van der Waals surface area contributed by atoms with Crippen molar-refractivity contribution >= 4 is 28.4 Å². The molecule has 3 aromatic rings. The lowest BCUT2D eigenvalue weighted by Crippen LogP contribution is -2.41. The summed E-state index contributed by atoms with van der Waals surface area (Å²) in [5, 5.41) is 8.79. The lowest BCUT2D eigenvalue weighted by Gasteiger charge is -2.33. The third-order valence-corrected chi connectivity index (χ3v) is 5.37. The third kappa shape index (κ3) is 5.35. The van der Waals surface area contributed by atoms with Crippen LogP contribution in [0, 0.1) is 0 Å².